The molecule has 0 aromatic heterocycles. The first kappa shape index (κ1) is 19.5. The number of thioether (sulfide) groups is 1. The highest BCUT2D eigenvalue weighted by atomic mass is 32.2. The van der Waals surface area contributed by atoms with Crippen molar-refractivity contribution in [3.63, 3.8) is 0 Å². The van der Waals surface area contributed by atoms with Gasteiger partial charge in [0.1, 0.15) is 10.1 Å². The molecule has 0 spiro atoms. The number of rotatable bonds is 7. The van der Waals surface area contributed by atoms with Crippen LogP contribution in [0.4, 0.5) is 0 Å². The smallest absolute Gasteiger partial charge is 0.303 e. The van der Waals surface area contributed by atoms with Crippen LogP contribution < -0.4 is 4.74 Å². The summed E-state index contributed by atoms with van der Waals surface area (Å²) >= 11 is 6.50. The number of carbonyl (C=O) groups excluding carboxylic acids is 1. The molecule has 1 N–H and O–H groups in total. The molecule has 5 nitrogen and oxygen atoms in total. The van der Waals surface area contributed by atoms with E-state index in [9.17, 15) is 9.59 Å². The van der Waals surface area contributed by atoms with Crippen LogP contribution >= 0.6 is 24.0 Å². The van der Waals surface area contributed by atoms with E-state index in [1.807, 2.05) is 18.2 Å². The van der Waals surface area contributed by atoms with Crippen LogP contribution in [0.15, 0.2) is 23.1 Å². The molecule has 1 saturated heterocycles. The van der Waals surface area contributed by atoms with E-state index < -0.39 is 5.97 Å². The van der Waals surface area contributed by atoms with E-state index in [0.717, 1.165) is 11.1 Å². The van der Waals surface area contributed by atoms with Crippen molar-refractivity contribution < 1.29 is 19.4 Å². The van der Waals surface area contributed by atoms with Crippen LogP contribution in [0.1, 0.15) is 43.7 Å². The van der Waals surface area contributed by atoms with Gasteiger partial charge in [-0.2, -0.15) is 0 Å². The van der Waals surface area contributed by atoms with Crippen molar-refractivity contribution in [2.75, 3.05) is 13.7 Å². The molecule has 1 heterocycles. The summed E-state index contributed by atoms with van der Waals surface area (Å²) in [4.78, 5) is 25.2. The summed E-state index contributed by atoms with van der Waals surface area (Å²) in [5.74, 6) is -0.00209. The summed E-state index contributed by atoms with van der Waals surface area (Å²) in [7, 11) is 1.60. The first-order valence-corrected chi connectivity index (χ1v) is 9.21. The summed E-state index contributed by atoms with van der Waals surface area (Å²) in [6.45, 7) is 4.53. The number of amides is 1. The maximum atomic E-state index is 12.6. The molecule has 1 aliphatic heterocycles. The van der Waals surface area contributed by atoms with Gasteiger partial charge in [0.2, 0.25) is 0 Å². The quantitative estimate of drug-likeness (QED) is 0.573. The zero-order valence-corrected chi connectivity index (χ0v) is 16.1. The average molecular weight is 380 g/mol. The number of carboxylic acid groups (broad SMARTS) is 1. The maximum absolute atomic E-state index is 12.6. The van der Waals surface area contributed by atoms with E-state index in [0.29, 0.717) is 33.9 Å². The Labute approximate surface area is 157 Å². The van der Waals surface area contributed by atoms with Gasteiger partial charge < -0.3 is 9.84 Å². The Morgan fingerprint density at radius 2 is 2.16 bits per heavy atom. The molecule has 1 fully saturated rings. The highest BCUT2D eigenvalue weighted by molar-refractivity contribution is 8.26. The SMILES string of the molecule is COc1ccc(C(C)C)cc1/C=C1\SC(=S)N(CCCC(=O)O)C1=O. The number of ether oxygens (including phenoxy) is 1. The zero-order valence-electron chi connectivity index (χ0n) is 14.4. The Morgan fingerprint density at radius 3 is 2.76 bits per heavy atom. The van der Waals surface area contributed by atoms with Crippen LogP contribution in [0.5, 0.6) is 5.75 Å². The molecule has 0 atom stereocenters. The van der Waals surface area contributed by atoms with Crippen molar-refractivity contribution in [3.05, 3.63) is 34.2 Å². The average Bonchev–Trinajstić information content (AvgIpc) is 2.81. The van der Waals surface area contributed by atoms with Crippen molar-refractivity contribution in [2.45, 2.75) is 32.6 Å². The van der Waals surface area contributed by atoms with Crippen LogP contribution in [-0.4, -0.2) is 39.9 Å². The van der Waals surface area contributed by atoms with Crippen LogP contribution in [0, 0.1) is 0 Å². The van der Waals surface area contributed by atoms with Gasteiger partial charge in [-0.05, 0) is 36.1 Å². The van der Waals surface area contributed by atoms with E-state index in [-0.39, 0.29) is 12.3 Å². The number of thiocarbonyl (C=S) groups is 1. The molecule has 2 rings (SSSR count). The van der Waals surface area contributed by atoms with Crippen molar-refractivity contribution in [1.82, 2.24) is 4.90 Å². The number of carbonyl (C=O) groups is 2. The van der Waals surface area contributed by atoms with Crippen molar-refractivity contribution >= 4 is 46.3 Å². The predicted molar refractivity (Wildman–Crippen MR) is 104 cm³/mol. The fourth-order valence-electron chi connectivity index (χ4n) is 2.45. The Bertz CT molecular complexity index is 728. The van der Waals surface area contributed by atoms with Gasteiger partial charge in [0.15, 0.2) is 0 Å². The second kappa shape index (κ2) is 8.49. The highest BCUT2D eigenvalue weighted by Gasteiger charge is 2.31. The van der Waals surface area contributed by atoms with Crippen molar-refractivity contribution in [1.29, 1.82) is 0 Å². The molecule has 1 aromatic rings. The third-order valence-corrected chi connectivity index (χ3v) is 5.23. The fourth-order valence-corrected chi connectivity index (χ4v) is 3.75. The summed E-state index contributed by atoms with van der Waals surface area (Å²) in [5.41, 5.74) is 1.99. The van der Waals surface area contributed by atoms with Crippen LogP contribution in [-0.2, 0) is 9.59 Å². The highest BCUT2D eigenvalue weighted by Crippen LogP contribution is 2.35. The number of aliphatic carboxylic acids is 1. The topological polar surface area (TPSA) is 66.8 Å². The van der Waals surface area contributed by atoms with E-state index >= 15 is 0 Å². The normalized spacial score (nSPS) is 16.2. The minimum atomic E-state index is -0.879. The van der Waals surface area contributed by atoms with E-state index in [4.69, 9.17) is 22.1 Å². The minimum absolute atomic E-state index is 0.0143. The van der Waals surface area contributed by atoms with Crippen LogP contribution in [0.2, 0.25) is 0 Å². The number of hydrogen-bond acceptors (Lipinski definition) is 5. The molecule has 0 aliphatic carbocycles. The Morgan fingerprint density at radius 1 is 1.44 bits per heavy atom. The molecular weight excluding hydrogens is 358 g/mol. The van der Waals surface area contributed by atoms with Crippen molar-refractivity contribution in [3.8, 4) is 5.75 Å². The lowest BCUT2D eigenvalue weighted by molar-refractivity contribution is -0.137. The van der Waals surface area contributed by atoms with Gasteiger partial charge in [0.25, 0.3) is 5.91 Å². The second-order valence-corrected chi connectivity index (χ2v) is 7.66. The molecule has 0 saturated carbocycles. The molecule has 1 aliphatic rings. The number of nitrogens with zero attached hydrogens (tertiary/aromatic N) is 1. The third-order valence-electron chi connectivity index (χ3n) is 3.85. The lowest BCUT2D eigenvalue weighted by Gasteiger charge is -2.13. The molecule has 0 unspecified atom stereocenters. The maximum Gasteiger partial charge on any atom is 0.303 e. The fraction of sp³-hybridized carbons (Fsp3) is 0.389. The van der Waals surface area contributed by atoms with Gasteiger partial charge in [-0.25, -0.2) is 0 Å². The van der Waals surface area contributed by atoms with Crippen LogP contribution in [0.25, 0.3) is 6.08 Å². The Kier molecular flexibility index (Phi) is 6.61. The summed E-state index contributed by atoms with van der Waals surface area (Å²) in [5, 5.41) is 8.73. The monoisotopic (exact) mass is 379 g/mol. The van der Waals surface area contributed by atoms with Gasteiger partial charge in [-0.15, -0.1) is 0 Å². The lowest BCUT2D eigenvalue weighted by Crippen LogP contribution is -2.29. The Hall–Kier alpha value is -1.86. The Balaban J connectivity index is 2.24. The number of carboxylic acids is 1. The minimum Gasteiger partial charge on any atom is -0.496 e. The molecular formula is C18H21NO4S2. The molecule has 25 heavy (non-hydrogen) atoms. The molecule has 7 heteroatoms. The van der Waals surface area contributed by atoms with Gasteiger partial charge in [-0.3, -0.25) is 14.5 Å². The first-order valence-electron chi connectivity index (χ1n) is 7.98. The summed E-state index contributed by atoms with van der Waals surface area (Å²) in [6, 6.07) is 5.92. The molecule has 1 aromatic carbocycles. The summed E-state index contributed by atoms with van der Waals surface area (Å²) < 4.78 is 5.85. The number of methoxy groups -OCH3 is 1. The van der Waals surface area contributed by atoms with Gasteiger partial charge in [0, 0.05) is 18.5 Å². The van der Waals surface area contributed by atoms with Crippen LogP contribution in [0.3, 0.4) is 0 Å². The molecule has 0 bridgehead atoms. The van der Waals surface area contributed by atoms with Gasteiger partial charge in [0.05, 0.1) is 12.0 Å². The van der Waals surface area contributed by atoms with E-state index in [2.05, 4.69) is 13.8 Å². The van der Waals surface area contributed by atoms with E-state index in [1.165, 1.54) is 16.7 Å². The second-order valence-electron chi connectivity index (χ2n) is 5.99. The zero-order chi connectivity index (χ0) is 18.6. The predicted octanol–water partition coefficient (Wildman–Crippen LogP) is 3.88. The number of benzene rings is 1. The van der Waals surface area contributed by atoms with Gasteiger partial charge >= 0.3 is 5.97 Å². The first-order chi connectivity index (χ1) is 11.8. The van der Waals surface area contributed by atoms with E-state index in [1.54, 1.807) is 13.2 Å². The summed E-state index contributed by atoms with van der Waals surface area (Å²) in [6.07, 6.45) is 2.18. The molecule has 1 amide bonds. The number of hydrogen-bond donors (Lipinski definition) is 1. The van der Waals surface area contributed by atoms with Gasteiger partial charge in [-0.1, -0.05) is 43.9 Å². The van der Waals surface area contributed by atoms with Crippen molar-refractivity contribution in [2.24, 2.45) is 0 Å². The third kappa shape index (κ3) is 4.83. The molecule has 0 radical (unpaired) electrons. The standard InChI is InChI=1S/C18H21NO4S2/c1-11(2)12-6-7-14(23-3)13(9-12)10-15-17(22)19(18(24)25-15)8-4-5-16(20)21/h6-7,9-11H,4-5,8H2,1-3H3,(H,20,21)/b15-10-. The lowest BCUT2D eigenvalue weighted by atomic mass is 10.00. The largest absolute Gasteiger partial charge is 0.496 e. The molecule has 134 valence electrons.